The van der Waals surface area contributed by atoms with Gasteiger partial charge in [-0.2, -0.15) is 0 Å². The van der Waals surface area contributed by atoms with Crippen molar-refractivity contribution in [1.29, 1.82) is 0 Å². The van der Waals surface area contributed by atoms with E-state index in [0.717, 1.165) is 11.0 Å². The fourth-order valence-corrected chi connectivity index (χ4v) is 2.50. The number of ether oxygens (including phenoxy) is 1. The molecular weight excluding hydrogens is 251 g/mol. The minimum Gasteiger partial charge on any atom is -0.383 e. The second-order valence-electron chi connectivity index (χ2n) is 4.73. The summed E-state index contributed by atoms with van der Waals surface area (Å²) >= 11 is 5.34. The van der Waals surface area contributed by atoms with Gasteiger partial charge in [0.2, 0.25) is 0 Å². The van der Waals surface area contributed by atoms with Crippen LogP contribution in [-0.4, -0.2) is 23.3 Å². The number of nitrogens with zero attached hydrogens (tertiary/aromatic N) is 1. The Morgan fingerprint density at radius 2 is 2.17 bits per heavy atom. The van der Waals surface area contributed by atoms with Crippen LogP contribution in [0.5, 0.6) is 0 Å². The molecule has 2 rings (SSSR count). The quantitative estimate of drug-likeness (QED) is 0.857. The lowest BCUT2D eigenvalue weighted by atomic mass is 10.1. The van der Waals surface area contributed by atoms with Crippen LogP contribution in [0.1, 0.15) is 19.9 Å². The van der Waals surface area contributed by atoms with Gasteiger partial charge in [0.25, 0.3) is 0 Å². The zero-order valence-corrected chi connectivity index (χ0v) is 11.6. The number of imidazole rings is 1. The second-order valence-corrected chi connectivity index (χ2v) is 5.12. The molecule has 0 aliphatic carbocycles. The minimum atomic E-state index is -0.259. The molecule has 1 aromatic carbocycles. The highest BCUT2D eigenvalue weighted by Crippen LogP contribution is 2.25. The van der Waals surface area contributed by atoms with Crippen molar-refractivity contribution in [2.45, 2.75) is 19.9 Å². The molecule has 1 heterocycles. The van der Waals surface area contributed by atoms with Crippen LogP contribution >= 0.6 is 12.2 Å². The third-order valence-corrected chi connectivity index (χ3v) is 3.42. The molecule has 1 atom stereocenters. The van der Waals surface area contributed by atoms with Crippen LogP contribution in [0.25, 0.3) is 11.0 Å². The summed E-state index contributed by atoms with van der Waals surface area (Å²) in [6, 6.07) is 4.74. The van der Waals surface area contributed by atoms with E-state index in [2.05, 4.69) is 18.8 Å². The maximum Gasteiger partial charge on any atom is 0.178 e. The summed E-state index contributed by atoms with van der Waals surface area (Å²) in [4.78, 5) is 3.10. The van der Waals surface area contributed by atoms with Gasteiger partial charge in [-0.15, -0.1) is 0 Å². The van der Waals surface area contributed by atoms with Crippen molar-refractivity contribution in [1.82, 2.24) is 9.55 Å². The topological polar surface area (TPSA) is 29.9 Å². The first-order valence-corrected chi connectivity index (χ1v) is 6.34. The number of methoxy groups -OCH3 is 1. The van der Waals surface area contributed by atoms with Crippen molar-refractivity contribution in [3.63, 3.8) is 0 Å². The van der Waals surface area contributed by atoms with E-state index in [4.69, 9.17) is 17.0 Å². The molecule has 2 aromatic rings. The van der Waals surface area contributed by atoms with E-state index in [9.17, 15) is 4.39 Å². The molecule has 18 heavy (non-hydrogen) atoms. The highest BCUT2D eigenvalue weighted by molar-refractivity contribution is 7.71. The molecule has 98 valence electrons. The van der Waals surface area contributed by atoms with Crippen LogP contribution in [0.15, 0.2) is 18.2 Å². The van der Waals surface area contributed by atoms with E-state index in [1.807, 2.05) is 4.57 Å². The number of nitrogens with one attached hydrogen (secondary N) is 1. The third kappa shape index (κ3) is 2.33. The molecule has 1 unspecified atom stereocenters. The Kier molecular flexibility index (Phi) is 3.82. The van der Waals surface area contributed by atoms with Gasteiger partial charge in [-0.1, -0.05) is 13.8 Å². The highest BCUT2D eigenvalue weighted by Gasteiger charge is 2.19. The number of fused-ring (bicyclic) bond motifs is 1. The van der Waals surface area contributed by atoms with Crippen molar-refractivity contribution in [2.24, 2.45) is 5.92 Å². The van der Waals surface area contributed by atoms with Crippen LogP contribution < -0.4 is 0 Å². The van der Waals surface area contributed by atoms with Crippen LogP contribution in [0, 0.1) is 16.5 Å². The number of halogens is 1. The summed E-state index contributed by atoms with van der Waals surface area (Å²) in [5.41, 5.74) is 1.64. The zero-order chi connectivity index (χ0) is 13.3. The molecule has 0 saturated heterocycles. The largest absolute Gasteiger partial charge is 0.383 e. The Bertz CT molecular complexity index is 603. The van der Waals surface area contributed by atoms with Gasteiger partial charge in [0.15, 0.2) is 4.77 Å². The Labute approximate surface area is 111 Å². The Morgan fingerprint density at radius 3 is 2.78 bits per heavy atom. The molecule has 1 aromatic heterocycles. The first kappa shape index (κ1) is 13.2. The van der Waals surface area contributed by atoms with Gasteiger partial charge < -0.3 is 14.3 Å². The molecule has 0 saturated carbocycles. The van der Waals surface area contributed by atoms with Crippen LogP contribution in [-0.2, 0) is 4.74 Å². The normalized spacial score (nSPS) is 13.4. The van der Waals surface area contributed by atoms with Gasteiger partial charge in [-0.25, -0.2) is 4.39 Å². The standard InChI is InChI=1S/C13H17FN2OS/c1-8(2)12(7-17-3)16-11-6-9(14)4-5-10(11)15-13(16)18/h4-6,8,12H,7H2,1-3H3,(H,15,18). The summed E-state index contributed by atoms with van der Waals surface area (Å²) < 4.78 is 21.2. The smallest absolute Gasteiger partial charge is 0.178 e. The van der Waals surface area contributed by atoms with Crippen molar-refractivity contribution < 1.29 is 9.13 Å². The van der Waals surface area contributed by atoms with Gasteiger partial charge in [0, 0.05) is 7.11 Å². The summed E-state index contributed by atoms with van der Waals surface area (Å²) in [5, 5.41) is 0. The number of benzene rings is 1. The first-order chi connectivity index (χ1) is 8.54. The van der Waals surface area contributed by atoms with E-state index in [1.54, 1.807) is 13.2 Å². The first-order valence-electron chi connectivity index (χ1n) is 5.93. The van der Waals surface area contributed by atoms with Gasteiger partial charge in [-0.3, -0.25) is 0 Å². The SMILES string of the molecule is COCC(C(C)C)n1c(=S)[nH]c2ccc(F)cc21. The summed E-state index contributed by atoms with van der Waals surface area (Å²) in [6.45, 7) is 4.75. The fourth-order valence-electron chi connectivity index (χ4n) is 2.16. The number of hydrogen-bond donors (Lipinski definition) is 1. The van der Waals surface area contributed by atoms with E-state index < -0.39 is 0 Å². The predicted molar refractivity (Wildman–Crippen MR) is 72.8 cm³/mol. The number of hydrogen-bond acceptors (Lipinski definition) is 2. The third-order valence-electron chi connectivity index (χ3n) is 3.12. The van der Waals surface area contributed by atoms with E-state index in [-0.39, 0.29) is 11.9 Å². The number of H-pyrrole nitrogens is 1. The Hall–Kier alpha value is -1.20. The molecular formula is C13H17FN2OS. The zero-order valence-electron chi connectivity index (χ0n) is 10.7. The molecule has 0 aliphatic rings. The molecule has 0 fully saturated rings. The van der Waals surface area contributed by atoms with Gasteiger partial charge in [0.1, 0.15) is 5.82 Å². The van der Waals surface area contributed by atoms with Gasteiger partial charge >= 0.3 is 0 Å². The lowest BCUT2D eigenvalue weighted by Gasteiger charge is -2.22. The Balaban J connectivity index is 2.64. The van der Waals surface area contributed by atoms with Gasteiger partial charge in [-0.05, 0) is 36.3 Å². The molecule has 5 heteroatoms. The average Bonchev–Trinajstić information content (AvgIpc) is 2.61. The Morgan fingerprint density at radius 1 is 1.44 bits per heavy atom. The average molecular weight is 268 g/mol. The van der Waals surface area contributed by atoms with E-state index in [0.29, 0.717) is 17.3 Å². The van der Waals surface area contributed by atoms with Crippen molar-refractivity contribution in [3.05, 3.63) is 28.8 Å². The maximum absolute atomic E-state index is 13.4. The van der Waals surface area contributed by atoms with Crippen molar-refractivity contribution in [2.75, 3.05) is 13.7 Å². The lowest BCUT2D eigenvalue weighted by molar-refractivity contribution is 0.134. The van der Waals surface area contributed by atoms with Gasteiger partial charge in [0.05, 0.1) is 23.7 Å². The molecule has 0 bridgehead atoms. The van der Waals surface area contributed by atoms with Crippen molar-refractivity contribution in [3.8, 4) is 0 Å². The van der Waals surface area contributed by atoms with Crippen LogP contribution in [0.3, 0.4) is 0 Å². The van der Waals surface area contributed by atoms with E-state index >= 15 is 0 Å². The monoisotopic (exact) mass is 268 g/mol. The summed E-state index contributed by atoms with van der Waals surface area (Å²) in [6.07, 6.45) is 0. The molecule has 0 spiro atoms. The maximum atomic E-state index is 13.4. The molecule has 3 nitrogen and oxygen atoms in total. The van der Waals surface area contributed by atoms with Crippen LogP contribution in [0.2, 0.25) is 0 Å². The summed E-state index contributed by atoms with van der Waals surface area (Å²) in [5.74, 6) is 0.0871. The molecule has 0 aliphatic heterocycles. The minimum absolute atomic E-state index is 0.0954. The summed E-state index contributed by atoms with van der Waals surface area (Å²) in [7, 11) is 1.66. The highest BCUT2D eigenvalue weighted by atomic mass is 32.1. The van der Waals surface area contributed by atoms with Crippen molar-refractivity contribution >= 4 is 23.3 Å². The molecule has 0 amide bonds. The molecule has 0 radical (unpaired) electrons. The number of aromatic amines is 1. The fraction of sp³-hybridized carbons (Fsp3) is 0.462. The second kappa shape index (κ2) is 5.20. The van der Waals surface area contributed by atoms with Crippen LogP contribution in [0.4, 0.5) is 4.39 Å². The molecule has 1 N–H and O–H groups in total. The number of rotatable bonds is 4. The predicted octanol–water partition coefficient (Wildman–Crippen LogP) is 3.68. The van der Waals surface area contributed by atoms with E-state index in [1.165, 1.54) is 12.1 Å². The lowest BCUT2D eigenvalue weighted by Crippen LogP contribution is -2.20. The number of aromatic nitrogens is 2.